The molecule has 0 radical (unpaired) electrons. The van der Waals surface area contributed by atoms with E-state index in [0.717, 1.165) is 45.2 Å². The first-order valence-electron chi connectivity index (χ1n) is 7.31. The molecule has 0 unspecified atom stereocenters. The summed E-state index contributed by atoms with van der Waals surface area (Å²) >= 11 is 0. The Balaban J connectivity index is 1.69. The molecule has 0 saturated carbocycles. The van der Waals surface area contributed by atoms with Crippen LogP contribution in [-0.2, 0) is 4.74 Å². The molecular weight excluding hydrogens is 252 g/mol. The van der Waals surface area contributed by atoms with E-state index in [1.165, 1.54) is 12.8 Å². The molecule has 2 aliphatic rings. The van der Waals surface area contributed by atoms with Crippen LogP contribution in [0.15, 0.2) is 18.2 Å². The Morgan fingerprint density at radius 3 is 2.95 bits per heavy atom. The van der Waals surface area contributed by atoms with Crippen LogP contribution in [0, 0.1) is 11.3 Å². The Morgan fingerprint density at radius 2 is 2.15 bits per heavy atom. The van der Waals surface area contributed by atoms with Crippen LogP contribution < -0.4 is 4.90 Å². The molecule has 3 rings (SSSR count). The number of hydrogen-bond donors (Lipinski definition) is 0. The van der Waals surface area contributed by atoms with Crippen molar-refractivity contribution in [3.63, 3.8) is 0 Å². The van der Waals surface area contributed by atoms with Crippen LogP contribution >= 0.6 is 0 Å². The first-order chi connectivity index (χ1) is 9.86. The van der Waals surface area contributed by atoms with Crippen LogP contribution in [0.4, 0.5) is 5.82 Å². The van der Waals surface area contributed by atoms with Crippen molar-refractivity contribution in [2.75, 3.05) is 44.3 Å². The number of pyridine rings is 1. The van der Waals surface area contributed by atoms with Crippen LogP contribution in [0.25, 0.3) is 0 Å². The lowest BCUT2D eigenvalue weighted by Crippen LogP contribution is -2.45. The molecule has 2 saturated heterocycles. The number of hydrogen-bond acceptors (Lipinski definition) is 5. The molecule has 2 fully saturated rings. The molecule has 0 bridgehead atoms. The van der Waals surface area contributed by atoms with Gasteiger partial charge in [-0.05, 0) is 25.0 Å². The average molecular weight is 272 g/mol. The molecule has 0 aliphatic carbocycles. The summed E-state index contributed by atoms with van der Waals surface area (Å²) in [5.41, 5.74) is 0.500. The molecule has 0 spiro atoms. The Morgan fingerprint density at radius 1 is 1.30 bits per heavy atom. The van der Waals surface area contributed by atoms with Crippen LogP contribution in [0.5, 0.6) is 0 Å². The topological polar surface area (TPSA) is 52.4 Å². The minimum absolute atomic E-state index is 0.500. The van der Waals surface area contributed by atoms with Gasteiger partial charge in [-0.25, -0.2) is 4.98 Å². The molecule has 106 valence electrons. The molecular formula is C15H20N4O. The van der Waals surface area contributed by atoms with Gasteiger partial charge in [0.1, 0.15) is 17.6 Å². The summed E-state index contributed by atoms with van der Waals surface area (Å²) < 4.78 is 5.40. The fourth-order valence-corrected chi connectivity index (χ4v) is 3.05. The van der Waals surface area contributed by atoms with Gasteiger partial charge in [-0.15, -0.1) is 0 Å². The zero-order valence-corrected chi connectivity index (χ0v) is 11.7. The summed E-state index contributed by atoms with van der Waals surface area (Å²) in [7, 11) is 0. The van der Waals surface area contributed by atoms with Crippen LogP contribution in [0.3, 0.4) is 0 Å². The standard InChI is InChI=1S/C15H20N4O/c16-11-13-3-1-5-15(17-13)19-6-2-4-14(19)12-18-7-9-20-10-8-18/h1,3,5,14H,2,4,6-10,12H2/t14-/m0/s1. The lowest BCUT2D eigenvalue weighted by atomic mass is 10.2. The maximum atomic E-state index is 8.98. The van der Waals surface area contributed by atoms with Crippen molar-refractivity contribution in [1.82, 2.24) is 9.88 Å². The van der Waals surface area contributed by atoms with Crippen molar-refractivity contribution in [3.8, 4) is 6.07 Å². The lowest BCUT2D eigenvalue weighted by molar-refractivity contribution is 0.0354. The third-order valence-electron chi connectivity index (χ3n) is 4.09. The van der Waals surface area contributed by atoms with Crippen molar-refractivity contribution < 1.29 is 4.74 Å². The van der Waals surface area contributed by atoms with Crippen LogP contribution in [-0.4, -0.2) is 55.3 Å². The fourth-order valence-electron chi connectivity index (χ4n) is 3.05. The summed E-state index contributed by atoms with van der Waals surface area (Å²) in [5, 5.41) is 8.98. The first kappa shape index (κ1) is 13.3. The van der Waals surface area contributed by atoms with Crippen LogP contribution in [0.2, 0.25) is 0 Å². The van der Waals surface area contributed by atoms with Gasteiger partial charge < -0.3 is 9.64 Å². The predicted octanol–water partition coefficient (Wildman–Crippen LogP) is 1.25. The Bertz CT molecular complexity index is 493. The molecule has 0 N–H and O–H groups in total. The predicted molar refractivity (Wildman–Crippen MR) is 76.6 cm³/mol. The first-order valence-corrected chi connectivity index (χ1v) is 7.31. The summed E-state index contributed by atoms with van der Waals surface area (Å²) in [6.07, 6.45) is 2.41. The van der Waals surface area contributed by atoms with Gasteiger partial charge in [0, 0.05) is 32.2 Å². The molecule has 1 atom stereocenters. The Hall–Kier alpha value is -1.64. The molecule has 5 heteroatoms. The second kappa shape index (κ2) is 6.21. The van der Waals surface area contributed by atoms with E-state index in [1.807, 2.05) is 12.1 Å². The SMILES string of the molecule is N#Cc1cccc(N2CCC[C@H]2CN2CCOCC2)n1. The van der Waals surface area contributed by atoms with E-state index < -0.39 is 0 Å². The summed E-state index contributed by atoms with van der Waals surface area (Å²) in [5.74, 6) is 0.944. The van der Waals surface area contributed by atoms with Crippen molar-refractivity contribution in [3.05, 3.63) is 23.9 Å². The number of rotatable bonds is 3. The van der Waals surface area contributed by atoms with Gasteiger partial charge in [0.15, 0.2) is 0 Å². The number of morpholine rings is 1. The monoisotopic (exact) mass is 272 g/mol. The van der Waals surface area contributed by atoms with Gasteiger partial charge in [0.2, 0.25) is 0 Å². The van der Waals surface area contributed by atoms with Crippen molar-refractivity contribution in [2.24, 2.45) is 0 Å². The smallest absolute Gasteiger partial charge is 0.142 e. The number of aromatic nitrogens is 1. The highest BCUT2D eigenvalue weighted by molar-refractivity contribution is 5.43. The van der Waals surface area contributed by atoms with Gasteiger partial charge in [0.05, 0.1) is 13.2 Å². The van der Waals surface area contributed by atoms with Crippen molar-refractivity contribution in [1.29, 1.82) is 5.26 Å². The van der Waals surface area contributed by atoms with E-state index in [9.17, 15) is 0 Å². The largest absolute Gasteiger partial charge is 0.379 e. The lowest BCUT2D eigenvalue weighted by Gasteiger charge is -2.33. The molecule has 20 heavy (non-hydrogen) atoms. The van der Waals surface area contributed by atoms with E-state index in [-0.39, 0.29) is 0 Å². The zero-order chi connectivity index (χ0) is 13.8. The minimum Gasteiger partial charge on any atom is -0.379 e. The van der Waals surface area contributed by atoms with E-state index >= 15 is 0 Å². The molecule has 2 aliphatic heterocycles. The number of ether oxygens (including phenoxy) is 1. The van der Waals surface area contributed by atoms with Crippen molar-refractivity contribution >= 4 is 5.82 Å². The molecule has 3 heterocycles. The molecule has 0 amide bonds. The van der Waals surface area contributed by atoms with E-state index in [1.54, 1.807) is 6.07 Å². The molecule has 1 aromatic heterocycles. The second-order valence-electron chi connectivity index (χ2n) is 5.40. The minimum atomic E-state index is 0.500. The Kier molecular flexibility index (Phi) is 4.14. The quantitative estimate of drug-likeness (QED) is 0.829. The van der Waals surface area contributed by atoms with Crippen LogP contribution in [0.1, 0.15) is 18.5 Å². The van der Waals surface area contributed by atoms with E-state index in [2.05, 4.69) is 20.9 Å². The number of nitrogens with zero attached hydrogens (tertiary/aromatic N) is 4. The summed E-state index contributed by atoms with van der Waals surface area (Å²) in [6, 6.07) is 8.33. The summed E-state index contributed by atoms with van der Waals surface area (Å²) in [6.45, 7) is 5.84. The van der Waals surface area contributed by atoms with Gasteiger partial charge in [-0.1, -0.05) is 6.07 Å². The maximum absolute atomic E-state index is 8.98. The zero-order valence-electron chi connectivity index (χ0n) is 11.7. The molecule has 0 aromatic carbocycles. The highest BCUT2D eigenvalue weighted by Crippen LogP contribution is 2.24. The van der Waals surface area contributed by atoms with Gasteiger partial charge in [-0.3, -0.25) is 4.90 Å². The summed E-state index contributed by atoms with van der Waals surface area (Å²) in [4.78, 5) is 9.27. The third-order valence-corrected chi connectivity index (χ3v) is 4.09. The maximum Gasteiger partial charge on any atom is 0.142 e. The number of nitriles is 1. The highest BCUT2D eigenvalue weighted by Gasteiger charge is 2.28. The molecule has 5 nitrogen and oxygen atoms in total. The van der Waals surface area contributed by atoms with Crippen molar-refractivity contribution in [2.45, 2.75) is 18.9 Å². The normalized spacial score (nSPS) is 23.8. The number of anilines is 1. The average Bonchev–Trinajstić information content (AvgIpc) is 2.96. The molecule has 1 aromatic rings. The van der Waals surface area contributed by atoms with E-state index in [0.29, 0.717) is 11.7 Å². The van der Waals surface area contributed by atoms with Gasteiger partial charge in [-0.2, -0.15) is 5.26 Å². The van der Waals surface area contributed by atoms with E-state index in [4.69, 9.17) is 10.00 Å². The van der Waals surface area contributed by atoms with Gasteiger partial charge in [0.25, 0.3) is 0 Å². The fraction of sp³-hybridized carbons (Fsp3) is 0.600. The second-order valence-corrected chi connectivity index (χ2v) is 5.40. The third kappa shape index (κ3) is 2.92. The Labute approximate surface area is 119 Å². The van der Waals surface area contributed by atoms with Gasteiger partial charge >= 0.3 is 0 Å². The highest BCUT2D eigenvalue weighted by atomic mass is 16.5.